The first-order valence-electron chi connectivity index (χ1n) is 5.33. The lowest BCUT2D eigenvalue weighted by Gasteiger charge is -2.23. The highest BCUT2D eigenvalue weighted by Crippen LogP contribution is 2.14. The first-order chi connectivity index (χ1) is 6.72. The number of nitrogens with zero attached hydrogens (tertiary/aromatic N) is 1. The maximum Gasteiger partial charge on any atom is 0.221 e. The summed E-state index contributed by atoms with van der Waals surface area (Å²) in [6.45, 7) is 8.29. The number of amides is 1. The molecule has 1 atom stereocenters. The van der Waals surface area contributed by atoms with Crippen LogP contribution in [0.5, 0.6) is 0 Å². The molecule has 3 nitrogen and oxygen atoms in total. The number of hydrogen-bond acceptors (Lipinski definition) is 3. The van der Waals surface area contributed by atoms with Gasteiger partial charge in [-0.1, -0.05) is 13.8 Å². The van der Waals surface area contributed by atoms with E-state index in [1.54, 1.807) is 0 Å². The molecule has 0 bridgehead atoms. The molecule has 1 rings (SSSR count). The molecule has 0 saturated carbocycles. The number of carbonyl (C=O) groups excluding carboxylic acids is 1. The van der Waals surface area contributed by atoms with E-state index in [0.29, 0.717) is 11.7 Å². The van der Waals surface area contributed by atoms with Crippen molar-refractivity contribution in [2.45, 2.75) is 25.5 Å². The first-order valence-corrected chi connectivity index (χ1v) is 6.38. The van der Waals surface area contributed by atoms with Gasteiger partial charge in [-0.3, -0.25) is 4.79 Å². The third kappa shape index (κ3) is 4.33. The molecule has 1 N–H and O–H groups in total. The van der Waals surface area contributed by atoms with Gasteiger partial charge < -0.3 is 10.2 Å². The standard InChI is InChI=1S/C10H20N2OS/c1-3-12-5-4-11-10(13)8-9(2)14-7-6-12/h9H,3-8H2,1-2H3,(H,11,13). The van der Waals surface area contributed by atoms with E-state index < -0.39 is 0 Å². The summed E-state index contributed by atoms with van der Waals surface area (Å²) in [6.07, 6.45) is 0.663. The Bertz CT molecular complexity index is 187. The van der Waals surface area contributed by atoms with Crippen molar-refractivity contribution >= 4 is 17.7 Å². The minimum Gasteiger partial charge on any atom is -0.355 e. The third-order valence-corrected chi connectivity index (χ3v) is 3.63. The number of carbonyl (C=O) groups is 1. The van der Waals surface area contributed by atoms with Crippen LogP contribution in [-0.2, 0) is 4.79 Å². The van der Waals surface area contributed by atoms with Gasteiger partial charge >= 0.3 is 0 Å². The Morgan fingerprint density at radius 2 is 2.36 bits per heavy atom. The van der Waals surface area contributed by atoms with Crippen LogP contribution in [0.15, 0.2) is 0 Å². The second-order valence-corrected chi connectivity index (χ2v) is 5.22. The number of nitrogens with one attached hydrogen (secondary N) is 1. The monoisotopic (exact) mass is 216 g/mol. The van der Waals surface area contributed by atoms with Gasteiger partial charge in [0.2, 0.25) is 5.91 Å². The van der Waals surface area contributed by atoms with Crippen molar-refractivity contribution in [3.05, 3.63) is 0 Å². The van der Waals surface area contributed by atoms with Gasteiger partial charge in [0.1, 0.15) is 0 Å². The van der Waals surface area contributed by atoms with E-state index in [2.05, 4.69) is 24.1 Å². The second-order valence-electron chi connectivity index (χ2n) is 3.67. The summed E-state index contributed by atoms with van der Waals surface area (Å²) in [5, 5.41) is 3.40. The van der Waals surface area contributed by atoms with Crippen LogP contribution in [0.25, 0.3) is 0 Å². The van der Waals surface area contributed by atoms with Crippen LogP contribution in [0, 0.1) is 0 Å². The molecule has 0 aliphatic carbocycles. The minimum absolute atomic E-state index is 0.197. The Kier molecular flexibility index (Phi) is 5.33. The molecule has 0 spiro atoms. The summed E-state index contributed by atoms with van der Waals surface area (Å²) in [5.41, 5.74) is 0. The van der Waals surface area contributed by atoms with E-state index in [1.165, 1.54) is 0 Å². The fraction of sp³-hybridized carbons (Fsp3) is 0.900. The lowest BCUT2D eigenvalue weighted by atomic mass is 10.3. The molecule has 14 heavy (non-hydrogen) atoms. The Balaban J connectivity index is 2.39. The molecule has 1 amide bonds. The van der Waals surface area contributed by atoms with E-state index >= 15 is 0 Å². The molecule has 1 saturated heterocycles. The zero-order valence-corrected chi connectivity index (χ0v) is 9.90. The van der Waals surface area contributed by atoms with Crippen molar-refractivity contribution in [2.24, 2.45) is 0 Å². The van der Waals surface area contributed by atoms with Crippen LogP contribution in [0.4, 0.5) is 0 Å². The van der Waals surface area contributed by atoms with Gasteiger partial charge in [-0.2, -0.15) is 11.8 Å². The Morgan fingerprint density at radius 1 is 1.57 bits per heavy atom. The van der Waals surface area contributed by atoms with E-state index in [1.807, 2.05) is 11.8 Å². The molecule has 0 aromatic heterocycles. The summed E-state index contributed by atoms with van der Waals surface area (Å²) in [4.78, 5) is 13.7. The van der Waals surface area contributed by atoms with E-state index in [9.17, 15) is 4.79 Å². The highest BCUT2D eigenvalue weighted by molar-refractivity contribution is 7.99. The summed E-state index contributed by atoms with van der Waals surface area (Å²) in [5.74, 6) is 1.34. The zero-order valence-electron chi connectivity index (χ0n) is 9.08. The van der Waals surface area contributed by atoms with Crippen LogP contribution in [0.3, 0.4) is 0 Å². The fourth-order valence-corrected chi connectivity index (χ4v) is 2.59. The van der Waals surface area contributed by atoms with E-state index in [0.717, 1.165) is 31.9 Å². The predicted octanol–water partition coefficient (Wildman–Crippen LogP) is 0.950. The van der Waals surface area contributed by atoms with Crippen molar-refractivity contribution in [2.75, 3.05) is 31.9 Å². The Hall–Kier alpha value is -0.220. The average molecular weight is 216 g/mol. The molecule has 0 radical (unpaired) electrons. The summed E-state index contributed by atoms with van der Waals surface area (Å²) < 4.78 is 0. The fourth-order valence-electron chi connectivity index (χ4n) is 1.56. The quantitative estimate of drug-likeness (QED) is 0.708. The lowest BCUT2D eigenvalue weighted by molar-refractivity contribution is -0.121. The Labute approximate surface area is 90.6 Å². The largest absolute Gasteiger partial charge is 0.355 e. The second kappa shape index (κ2) is 6.30. The first kappa shape index (κ1) is 11.9. The van der Waals surface area contributed by atoms with Gasteiger partial charge in [0.15, 0.2) is 0 Å². The maximum absolute atomic E-state index is 11.4. The smallest absolute Gasteiger partial charge is 0.221 e. The van der Waals surface area contributed by atoms with Crippen molar-refractivity contribution < 1.29 is 4.79 Å². The highest BCUT2D eigenvalue weighted by atomic mass is 32.2. The maximum atomic E-state index is 11.4. The molecular formula is C10H20N2OS. The lowest BCUT2D eigenvalue weighted by Crippen LogP contribution is -2.38. The number of hydrogen-bond donors (Lipinski definition) is 1. The van der Waals surface area contributed by atoms with Gasteiger partial charge in [-0.25, -0.2) is 0 Å². The number of likely N-dealkylation sites (N-methyl/N-ethyl adjacent to an activating group) is 1. The molecule has 82 valence electrons. The van der Waals surface area contributed by atoms with Crippen molar-refractivity contribution in [3.8, 4) is 0 Å². The van der Waals surface area contributed by atoms with Crippen molar-refractivity contribution in [1.82, 2.24) is 10.2 Å². The summed E-state index contributed by atoms with van der Waals surface area (Å²) in [7, 11) is 0. The molecule has 0 aromatic rings. The molecule has 0 aromatic carbocycles. The normalized spacial score (nSPS) is 27.0. The summed E-state index contributed by atoms with van der Waals surface area (Å²) in [6, 6.07) is 0. The zero-order chi connectivity index (χ0) is 10.4. The highest BCUT2D eigenvalue weighted by Gasteiger charge is 2.12. The van der Waals surface area contributed by atoms with Crippen LogP contribution >= 0.6 is 11.8 Å². The third-order valence-electron chi connectivity index (χ3n) is 2.48. The topological polar surface area (TPSA) is 32.3 Å². The average Bonchev–Trinajstić information content (AvgIpc) is 2.15. The van der Waals surface area contributed by atoms with Crippen LogP contribution < -0.4 is 5.32 Å². The van der Waals surface area contributed by atoms with Gasteiger partial charge in [0.05, 0.1) is 0 Å². The van der Waals surface area contributed by atoms with Crippen LogP contribution in [0.2, 0.25) is 0 Å². The Morgan fingerprint density at radius 3 is 3.07 bits per heavy atom. The molecule has 1 aliphatic heterocycles. The van der Waals surface area contributed by atoms with Crippen LogP contribution in [0.1, 0.15) is 20.3 Å². The summed E-state index contributed by atoms with van der Waals surface area (Å²) >= 11 is 1.90. The molecule has 4 heteroatoms. The van der Waals surface area contributed by atoms with Gasteiger partial charge in [0, 0.05) is 37.1 Å². The van der Waals surface area contributed by atoms with E-state index in [-0.39, 0.29) is 5.91 Å². The number of rotatable bonds is 1. The molecule has 1 heterocycles. The molecular weight excluding hydrogens is 196 g/mol. The minimum atomic E-state index is 0.197. The molecule has 1 fully saturated rings. The molecule has 1 unspecified atom stereocenters. The predicted molar refractivity (Wildman–Crippen MR) is 61.7 cm³/mol. The van der Waals surface area contributed by atoms with Gasteiger partial charge in [-0.15, -0.1) is 0 Å². The van der Waals surface area contributed by atoms with Gasteiger partial charge in [0.25, 0.3) is 0 Å². The SMILES string of the molecule is CCN1CCNC(=O)CC(C)SCC1. The van der Waals surface area contributed by atoms with Crippen molar-refractivity contribution in [1.29, 1.82) is 0 Å². The molecule has 1 aliphatic rings. The van der Waals surface area contributed by atoms with Crippen molar-refractivity contribution in [3.63, 3.8) is 0 Å². The van der Waals surface area contributed by atoms with Gasteiger partial charge in [-0.05, 0) is 6.54 Å². The number of thioether (sulfide) groups is 1. The van der Waals surface area contributed by atoms with Crippen LogP contribution in [-0.4, -0.2) is 48.0 Å². The van der Waals surface area contributed by atoms with E-state index in [4.69, 9.17) is 0 Å².